The van der Waals surface area contributed by atoms with Crippen molar-refractivity contribution in [2.24, 2.45) is 5.73 Å². The monoisotopic (exact) mass is 301 g/mol. The minimum absolute atomic E-state index is 0.0967. The van der Waals surface area contributed by atoms with Gasteiger partial charge < -0.3 is 5.73 Å². The SMILES string of the molecule is N[C@H](c1cccc(I)c1)C(F)(F)F. The molecule has 0 aliphatic carbocycles. The predicted molar refractivity (Wildman–Crippen MR) is 52.1 cm³/mol. The number of rotatable bonds is 1. The van der Waals surface area contributed by atoms with E-state index < -0.39 is 12.2 Å². The van der Waals surface area contributed by atoms with Crippen molar-refractivity contribution in [3.8, 4) is 0 Å². The van der Waals surface area contributed by atoms with E-state index in [0.717, 1.165) is 3.57 Å². The zero-order valence-corrected chi connectivity index (χ0v) is 8.63. The Bertz CT molecular complexity index is 298. The van der Waals surface area contributed by atoms with Crippen molar-refractivity contribution in [3.05, 3.63) is 33.4 Å². The fourth-order valence-corrected chi connectivity index (χ4v) is 1.46. The molecule has 0 amide bonds. The summed E-state index contributed by atoms with van der Waals surface area (Å²) in [5.41, 5.74) is 5.11. The molecule has 0 heterocycles. The normalized spacial score (nSPS) is 14.2. The zero-order valence-electron chi connectivity index (χ0n) is 6.48. The molecule has 0 aliphatic heterocycles. The number of hydrogen-bond donors (Lipinski definition) is 1. The number of benzene rings is 1. The molecule has 1 aromatic rings. The van der Waals surface area contributed by atoms with Crippen molar-refractivity contribution in [2.75, 3.05) is 0 Å². The van der Waals surface area contributed by atoms with Crippen molar-refractivity contribution in [1.29, 1.82) is 0 Å². The summed E-state index contributed by atoms with van der Waals surface area (Å²) in [7, 11) is 0. The Balaban J connectivity index is 2.96. The van der Waals surface area contributed by atoms with Gasteiger partial charge in [-0.05, 0) is 40.3 Å². The molecule has 1 rings (SSSR count). The zero-order chi connectivity index (χ0) is 10.1. The van der Waals surface area contributed by atoms with Crippen LogP contribution in [0.1, 0.15) is 11.6 Å². The third-order valence-corrected chi connectivity index (χ3v) is 2.23. The quantitative estimate of drug-likeness (QED) is 0.793. The maximum absolute atomic E-state index is 12.1. The Hall–Kier alpha value is -0.300. The highest BCUT2D eigenvalue weighted by Crippen LogP contribution is 2.30. The molecule has 0 radical (unpaired) electrons. The van der Waals surface area contributed by atoms with Crippen LogP contribution >= 0.6 is 22.6 Å². The lowest BCUT2D eigenvalue weighted by Gasteiger charge is -2.15. The Kier molecular flexibility index (Phi) is 3.18. The molecule has 2 N–H and O–H groups in total. The van der Waals surface area contributed by atoms with E-state index in [1.54, 1.807) is 12.1 Å². The summed E-state index contributed by atoms with van der Waals surface area (Å²) in [6.07, 6.45) is -4.37. The van der Waals surface area contributed by atoms with Crippen LogP contribution < -0.4 is 5.73 Å². The summed E-state index contributed by atoms with van der Waals surface area (Å²) in [6.45, 7) is 0. The summed E-state index contributed by atoms with van der Waals surface area (Å²) in [5.74, 6) is 0. The first kappa shape index (κ1) is 10.8. The van der Waals surface area contributed by atoms with Gasteiger partial charge in [-0.25, -0.2) is 0 Å². The lowest BCUT2D eigenvalue weighted by molar-refractivity contribution is -0.149. The minimum atomic E-state index is -4.37. The van der Waals surface area contributed by atoms with Gasteiger partial charge in [0.25, 0.3) is 0 Å². The number of hydrogen-bond acceptors (Lipinski definition) is 1. The topological polar surface area (TPSA) is 26.0 Å². The summed E-state index contributed by atoms with van der Waals surface area (Å²) in [6, 6.07) is 4.19. The standard InChI is InChI=1S/C8H7F3IN/c9-8(10,11)7(13)5-2-1-3-6(12)4-5/h1-4,7H,13H2/t7-/m1/s1. The van der Waals surface area contributed by atoms with E-state index in [1.807, 2.05) is 22.6 Å². The molecular weight excluding hydrogens is 294 g/mol. The Labute approximate surface area is 87.3 Å². The fraction of sp³-hybridized carbons (Fsp3) is 0.250. The van der Waals surface area contributed by atoms with Crippen LogP contribution in [0.15, 0.2) is 24.3 Å². The van der Waals surface area contributed by atoms with Crippen LogP contribution in [-0.2, 0) is 0 Å². The van der Waals surface area contributed by atoms with E-state index in [-0.39, 0.29) is 5.56 Å². The van der Waals surface area contributed by atoms with E-state index in [2.05, 4.69) is 0 Å². The van der Waals surface area contributed by atoms with Gasteiger partial charge in [0.05, 0.1) is 0 Å². The van der Waals surface area contributed by atoms with E-state index in [4.69, 9.17) is 5.73 Å². The molecule has 0 aliphatic rings. The van der Waals surface area contributed by atoms with E-state index in [0.29, 0.717) is 0 Å². The van der Waals surface area contributed by atoms with Gasteiger partial charge in [0.1, 0.15) is 6.04 Å². The highest BCUT2D eigenvalue weighted by Gasteiger charge is 2.37. The molecule has 0 saturated carbocycles. The second-order valence-corrected chi connectivity index (χ2v) is 3.82. The molecule has 0 bridgehead atoms. The van der Waals surface area contributed by atoms with E-state index in [1.165, 1.54) is 12.1 Å². The molecule has 1 aromatic carbocycles. The van der Waals surface area contributed by atoms with Crippen LogP contribution in [0, 0.1) is 3.57 Å². The van der Waals surface area contributed by atoms with Gasteiger partial charge in [0.15, 0.2) is 0 Å². The number of halogens is 4. The summed E-state index contributed by atoms with van der Waals surface area (Å²) in [5, 5.41) is 0. The maximum Gasteiger partial charge on any atom is 0.407 e. The van der Waals surface area contributed by atoms with Crippen LogP contribution in [0.5, 0.6) is 0 Å². The molecule has 0 fully saturated rings. The van der Waals surface area contributed by atoms with Crippen molar-refractivity contribution in [3.63, 3.8) is 0 Å². The first-order valence-corrected chi connectivity index (χ1v) is 4.57. The number of nitrogens with two attached hydrogens (primary N) is 1. The van der Waals surface area contributed by atoms with E-state index >= 15 is 0 Å². The molecule has 5 heteroatoms. The summed E-state index contributed by atoms with van der Waals surface area (Å²) >= 11 is 1.94. The minimum Gasteiger partial charge on any atom is -0.316 e. The molecule has 0 spiro atoms. The average Bonchev–Trinajstić information content (AvgIpc) is 2.01. The fourth-order valence-electron chi connectivity index (χ4n) is 0.889. The Morgan fingerprint density at radius 3 is 2.38 bits per heavy atom. The maximum atomic E-state index is 12.1. The second-order valence-electron chi connectivity index (χ2n) is 2.57. The Morgan fingerprint density at radius 1 is 1.31 bits per heavy atom. The smallest absolute Gasteiger partial charge is 0.316 e. The van der Waals surface area contributed by atoms with Crippen molar-refractivity contribution in [2.45, 2.75) is 12.2 Å². The molecule has 1 atom stereocenters. The lowest BCUT2D eigenvalue weighted by atomic mass is 10.1. The first-order valence-electron chi connectivity index (χ1n) is 3.49. The van der Waals surface area contributed by atoms with Crippen LogP contribution in [-0.4, -0.2) is 6.18 Å². The van der Waals surface area contributed by atoms with Crippen LogP contribution in [0.3, 0.4) is 0 Å². The Morgan fingerprint density at radius 2 is 1.92 bits per heavy atom. The molecule has 0 unspecified atom stereocenters. The summed E-state index contributed by atoms with van der Waals surface area (Å²) in [4.78, 5) is 0. The van der Waals surface area contributed by atoms with Crippen molar-refractivity contribution >= 4 is 22.6 Å². The van der Waals surface area contributed by atoms with Crippen molar-refractivity contribution < 1.29 is 13.2 Å². The predicted octanol–water partition coefficient (Wildman–Crippen LogP) is 2.85. The van der Waals surface area contributed by atoms with Gasteiger partial charge in [0.2, 0.25) is 0 Å². The largest absolute Gasteiger partial charge is 0.407 e. The van der Waals surface area contributed by atoms with Crippen LogP contribution in [0.2, 0.25) is 0 Å². The van der Waals surface area contributed by atoms with Crippen molar-refractivity contribution in [1.82, 2.24) is 0 Å². The molecule has 13 heavy (non-hydrogen) atoms. The number of alkyl halides is 3. The molecule has 0 aromatic heterocycles. The van der Waals surface area contributed by atoms with Crippen LogP contribution in [0.4, 0.5) is 13.2 Å². The summed E-state index contributed by atoms with van der Waals surface area (Å²) < 4.78 is 37.2. The third kappa shape index (κ3) is 2.84. The second kappa shape index (κ2) is 3.83. The highest BCUT2D eigenvalue weighted by molar-refractivity contribution is 14.1. The van der Waals surface area contributed by atoms with Gasteiger partial charge in [0, 0.05) is 3.57 Å². The van der Waals surface area contributed by atoms with Gasteiger partial charge in [-0.2, -0.15) is 13.2 Å². The van der Waals surface area contributed by atoms with Gasteiger partial charge in [-0.15, -0.1) is 0 Å². The van der Waals surface area contributed by atoms with E-state index in [9.17, 15) is 13.2 Å². The molecule has 1 nitrogen and oxygen atoms in total. The molecule has 0 saturated heterocycles. The van der Waals surface area contributed by atoms with Gasteiger partial charge in [-0.1, -0.05) is 12.1 Å². The van der Waals surface area contributed by atoms with Crippen LogP contribution in [0.25, 0.3) is 0 Å². The molecular formula is C8H7F3IN. The van der Waals surface area contributed by atoms with Gasteiger partial charge in [-0.3, -0.25) is 0 Å². The first-order chi connectivity index (χ1) is 5.91. The third-order valence-electron chi connectivity index (χ3n) is 1.56. The highest BCUT2D eigenvalue weighted by atomic mass is 127. The average molecular weight is 301 g/mol. The lowest BCUT2D eigenvalue weighted by Crippen LogP contribution is -2.28. The van der Waals surface area contributed by atoms with Gasteiger partial charge >= 0.3 is 6.18 Å². The molecule has 72 valence electrons.